The van der Waals surface area contributed by atoms with Gasteiger partial charge in [0.1, 0.15) is 0 Å². The van der Waals surface area contributed by atoms with E-state index in [-0.39, 0.29) is 0 Å². The Morgan fingerprint density at radius 3 is 2.33 bits per heavy atom. The zero-order chi connectivity index (χ0) is 13.2. The van der Waals surface area contributed by atoms with Crippen LogP contribution < -0.4 is 0 Å². The molecule has 0 heterocycles. The van der Waals surface area contributed by atoms with Crippen molar-refractivity contribution in [2.45, 2.75) is 38.4 Å². The van der Waals surface area contributed by atoms with Gasteiger partial charge in [-0.25, -0.2) is 0 Å². The van der Waals surface area contributed by atoms with E-state index in [9.17, 15) is 0 Å². The summed E-state index contributed by atoms with van der Waals surface area (Å²) in [5.41, 5.74) is 1.80. The Labute approximate surface area is 119 Å². The average Bonchev–Trinajstić information content (AvgIpc) is 2.26. The Morgan fingerprint density at radius 1 is 1.00 bits per heavy atom. The molecule has 0 aliphatic heterocycles. The van der Waals surface area contributed by atoms with Crippen LogP contribution in [-0.2, 0) is 6.42 Å². The normalized spacial score (nSPS) is 13.8. The van der Waals surface area contributed by atoms with E-state index in [4.69, 9.17) is 0 Å². The molecule has 0 bridgehead atoms. The van der Waals surface area contributed by atoms with Crippen molar-refractivity contribution in [2.75, 3.05) is 0 Å². The number of hydrogen-bond acceptors (Lipinski definition) is 0. The maximum absolute atomic E-state index is 3.81. The van der Waals surface area contributed by atoms with Crippen LogP contribution in [0.3, 0.4) is 0 Å². The SMILES string of the molecule is CC(C)(C)CC(Br)Cc1ccc2ccccc2c1. The van der Waals surface area contributed by atoms with Crippen LogP contribution in [0.25, 0.3) is 10.8 Å². The van der Waals surface area contributed by atoms with Crippen LogP contribution in [0.5, 0.6) is 0 Å². The Hall–Kier alpha value is -0.820. The van der Waals surface area contributed by atoms with Gasteiger partial charge in [0.2, 0.25) is 0 Å². The standard InChI is InChI=1S/C17H21Br/c1-17(2,3)12-16(18)11-13-8-9-14-6-4-5-7-15(14)10-13/h4-10,16H,11-12H2,1-3H3. The van der Waals surface area contributed by atoms with Gasteiger partial charge in [0.05, 0.1) is 0 Å². The third-order valence-corrected chi connectivity index (χ3v) is 3.75. The van der Waals surface area contributed by atoms with E-state index in [1.807, 2.05) is 0 Å². The van der Waals surface area contributed by atoms with Gasteiger partial charge in [-0.1, -0.05) is 79.2 Å². The number of halogens is 1. The maximum Gasteiger partial charge on any atom is 0.0191 e. The first kappa shape index (κ1) is 13.6. The summed E-state index contributed by atoms with van der Waals surface area (Å²) in [4.78, 5) is 0.554. The van der Waals surface area contributed by atoms with Gasteiger partial charge >= 0.3 is 0 Å². The van der Waals surface area contributed by atoms with E-state index in [2.05, 4.69) is 79.2 Å². The molecule has 1 unspecified atom stereocenters. The molecule has 96 valence electrons. The molecule has 1 atom stereocenters. The second-order valence-electron chi connectivity index (χ2n) is 6.25. The number of hydrogen-bond donors (Lipinski definition) is 0. The second-order valence-corrected chi connectivity index (χ2v) is 7.54. The van der Waals surface area contributed by atoms with Crippen molar-refractivity contribution in [2.24, 2.45) is 5.41 Å². The molecular formula is C17H21Br. The molecule has 0 spiro atoms. The summed E-state index contributed by atoms with van der Waals surface area (Å²) >= 11 is 3.81. The highest BCUT2D eigenvalue weighted by atomic mass is 79.9. The molecule has 0 aliphatic carbocycles. The molecule has 0 N–H and O–H groups in total. The third kappa shape index (κ3) is 3.84. The van der Waals surface area contributed by atoms with Crippen LogP contribution in [0.2, 0.25) is 0 Å². The summed E-state index contributed by atoms with van der Waals surface area (Å²) in [6.07, 6.45) is 2.29. The zero-order valence-electron chi connectivity index (χ0n) is 11.4. The van der Waals surface area contributed by atoms with Crippen molar-refractivity contribution in [3.8, 4) is 0 Å². The van der Waals surface area contributed by atoms with Gasteiger partial charge in [0.25, 0.3) is 0 Å². The first-order valence-electron chi connectivity index (χ1n) is 6.56. The maximum atomic E-state index is 3.81. The van der Waals surface area contributed by atoms with Gasteiger partial charge in [-0.2, -0.15) is 0 Å². The predicted molar refractivity (Wildman–Crippen MR) is 84.4 cm³/mol. The molecule has 0 saturated heterocycles. The number of fused-ring (bicyclic) bond motifs is 1. The van der Waals surface area contributed by atoms with Crippen LogP contribution in [0.1, 0.15) is 32.8 Å². The highest BCUT2D eigenvalue weighted by Crippen LogP contribution is 2.27. The first-order valence-corrected chi connectivity index (χ1v) is 7.47. The molecule has 2 aromatic carbocycles. The molecular weight excluding hydrogens is 284 g/mol. The number of alkyl halides is 1. The van der Waals surface area contributed by atoms with Gasteiger partial charge in [-0.15, -0.1) is 0 Å². The average molecular weight is 305 g/mol. The van der Waals surface area contributed by atoms with E-state index in [0.29, 0.717) is 10.2 Å². The highest BCUT2D eigenvalue weighted by molar-refractivity contribution is 9.09. The lowest BCUT2D eigenvalue weighted by atomic mass is 9.88. The second kappa shape index (κ2) is 5.44. The lowest BCUT2D eigenvalue weighted by molar-refractivity contribution is 0.374. The van der Waals surface area contributed by atoms with Crippen molar-refractivity contribution < 1.29 is 0 Å². The van der Waals surface area contributed by atoms with Crippen molar-refractivity contribution >= 4 is 26.7 Å². The topological polar surface area (TPSA) is 0 Å². The molecule has 0 amide bonds. The Bertz CT molecular complexity index is 522. The molecule has 0 aromatic heterocycles. The van der Waals surface area contributed by atoms with Crippen molar-refractivity contribution in [1.29, 1.82) is 0 Å². The Balaban J connectivity index is 2.12. The summed E-state index contributed by atoms with van der Waals surface area (Å²) in [7, 11) is 0. The molecule has 0 aliphatic rings. The van der Waals surface area contributed by atoms with Crippen LogP contribution in [0.4, 0.5) is 0 Å². The fourth-order valence-corrected chi connectivity index (χ4v) is 3.70. The highest BCUT2D eigenvalue weighted by Gasteiger charge is 2.16. The molecule has 0 radical (unpaired) electrons. The van der Waals surface area contributed by atoms with Crippen LogP contribution in [0.15, 0.2) is 42.5 Å². The summed E-state index contributed by atoms with van der Waals surface area (Å²) in [6, 6.07) is 15.3. The number of benzene rings is 2. The molecule has 18 heavy (non-hydrogen) atoms. The van der Waals surface area contributed by atoms with Crippen molar-refractivity contribution in [1.82, 2.24) is 0 Å². The van der Waals surface area contributed by atoms with Crippen molar-refractivity contribution in [3.05, 3.63) is 48.0 Å². The first-order chi connectivity index (χ1) is 8.44. The summed E-state index contributed by atoms with van der Waals surface area (Å²) in [5.74, 6) is 0. The smallest absolute Gasteiger partial charge is 0.0191 e. The minimum atomic E-state index is 0.380. The van der Waals surface area contributed by atoms with Gasteiger partial charge in [0, 0.05) is 4.83 Å². The molecule has 2 rings (SSSR count). The Kier molecular flexibility index (Phi) is 4.11. The summed E-state index contributed by atoms with van der Waals surface area (Å²) in [6.45, 7) is 6.88. The van der Waals surface area contributed by atoms with E-state index in [1.54, 1.807) is 0 Å². The molecule has 0 fully saturated rings. The fraction of sp³-hybridized carbons (Fsp3) is 0.412. The van der Waals surface area contributed by atoms with E-state index < -0.39 is 0 Å². The van der Waals surface area contributed by atoms with Gasteiger partial charge < -0.3 is 0 Å². The minimum Gasteiger partial charge on any atom is -0.0887 e. The largest absolute Gasteiger partial charge is 0.0887 e. The molecule has 0 nitrogen and oxygen atoms in total. The Morgan fingerprint density at radius 2 is 1.67 bits per heavy atom. The lowest BCUT2D eigenvalue weighted by Crippen LogP contribution is -2.14. The van der Waals surface area contributed by atoms with E-state index in [0.717, 1.165) is 6.42 Å². The summed E-state index contributed by atoms with van der Waals surface area (Å²) < 4.78 is 0. The van der Waals surface area contributed by atoms with Crippen molar-refractivity contribution in [3.63, 3.8) is 0 Å². The monoisotopic (exact) mass is 304 g/mol. The molecule has 0 saturated carbocycles. The lowest BCUT2D eigenvalue weighted by Gasteiger charge is -2.22. The van der Waals surface area contributed by atoms with Crippen LogP contribution >= 0.6 is 15.9 Å². The number of rotatable bonds is 3. The third-order valence-electron chi connectivity index (χ3n) is 3.10. The summed E-state index contributed by atoms with van der Waals surface area (Å²) in [5, 5.41) is 2.66. The van der Waals surface area contributed by atoms with Crippen LogP contribution in [0, 0.1) is 5.41 Å². The fourth-order valence-electron chi connectivity index (χ4n) is 2.36. The minimum absolute atomic E-state index is 0.380. The predicted octanol–water partition coefficient (Wildman–Crippen LogP) is 5.58. The molecule has 2 aromatic rings. The van der Waals surface area contributed by atoms with E-state index in [1.165, 1.54) is 22.8 Å². The van der Waals surface area contributed by atoms with Crippen LogP contribution in [-0.4, -0.2) is 4.83 Å². The zero-order valence-corrected chi connectivity index (χ0v) is 13.0. The van der Waals surface area contributed by atoms with Gasteiger partial charge in [-0.05, 0) is 34.6 Å². The van der Waals surface area contributed by atoms with Gasteiger partial charge in [0.15, 0.2) is 0 Å². The molecule has 1 heteroatoms. The van der Waals surface area contributed by atoms with Gasteiger partial charge in [-0.3, -0.25) is 0 Å². The van der Waals surface area contributed by atoms with E-state index >= 15 is 0 Å². The quantitative estimate of drug-likeness (QED) is 0.649.